The molecule has 0 spiro atoms. The van der Waals surface area contributed by atoms with E-state index >= 15 is 0 Å². The summed E-state index contributed by atoms with van der Waals surface area (Å²) in [5.41, 5.74) is 1.98. The van der Waals surface area contributed by atoms with Crippen LogP contribution in [-0.4, -0.2) is 41.6 Å². The molecule has 1 fully saturated rings. The fourth-order valence-electron chi connectivity index (χ4n) is 4.37. The molecule has 3 aliphatic rings. The summed E-state index contributed by atoms with van der Waals surface area (Å²) in [5, 5.41) is 10.7. The summed E-state index contributed by atoms with van der Waals surface area (Å²) >= 11 is 0. The number of esters is 2. The first kappa shape index (κ1) is 18.8. The highest BCUT2D eigenvalue weighted by molar-refractivity contribution is 6.09. The summed E-state index contributed by atoms with van der Waals surface area (Å²) < 4.78 is 10.9. The van der Waals surface area contributed by atoms with Crippen LogP contribution in [0.4, 0.5) is 0 Å². The second kappa shape index (κ2) is 6.99. The topological polar surface area (TPSA) is 89.9 Å². The number of hydrogen-bond acceptors (Lipinski definition) is 6. The number of fused-ring (bicyclic) bond motifs is 3. The molecule has 0 bridgehead atoms. The van der Waals surface area contributed by atoms with Gasteiger partial charge in [-0.2, -0.15) is 0 Å². The predicted molar refractivity (Wildman–Crippen MR) is 92.9 cm³/mol. The average Bonchev–Trinajstić information content (AvgIpc) is 2.94. The van der Waals surface area contributed by atoms with E-state index in [9.17, 15) is 19.5 Å². The quantitative estimate of drug-likeness (QED) is 0.769. The van der Waals surface area contributed by atoms with Gasteiger partial charge < -0.3 is 14.6 Å². The van der Waals surface area contributed by atoms with Crippen molar-refractivity contribution in [2.45, 2.75) is 52.7 Å². The third-order valence-electron chi connectivity index (χ3n) is 5.60. The molecule has 1 heterocycles. The number of ketones is 1. The fraction of sp³-hybridized carbons (Fsp3) is 0.650. The smallest absolute Gasteiger partial charge is 0.309 e. The zero-order valence-electron chi connectivity index (χ0n) is 15.7. The zero-order chi connectivity index (χ0) is 19.2. The molecule has 6 heteroatoms. The Morgan fingerprint density at radius 3 is 2.73 bits per heavy atom. The van der Waals surface area contributed by atoms with E-state index < -0.39 is 18.1 Å². The van der Waals surface area contributed by atoms with Crippen molar-refractivity contribution < 1.29 is 29.0 Å². The van der Waals surface area contributed by atoms with Crippen LogP contribution < -0.4 is 0 Å². The Kier molecular flexibility index (Phi) is 5.06. The summed E-state index contributed by atoms with van der Waals surface area (Å²) in [5.74, 6) is -1.79. The van der Waals surface area contributed by atoms with E-state index in [1.807, 2.05) is 20.8 Å². The lowest BCUT2D eigenvalue weighted by Gasteiger charge is -2.26. The molecule has 5 unspecified atom stereocenters. The van der Waals surface area contributed by atoms with Crippen LogP contribution in [0.25, 0.3) is 0 Å². The highest BCUT2D eigenvalue weighted by Gasteiger charge is 2.54. The van der Waals surface area contributed by atoms with Gasteiger partial charge in [0.1, 0.15) is 12.7 Å². The van der Waals surface area contributed by atoms with E-state index in [0.29, 0.717) is 17.6 Å². The van der Waals surface area contributed by atoms with Crippen LogP contribution in [0.15, 0.2) is 22.8 Å². The minimum atomic E-state index is -0.820. The summed E-state index contributed by atoms with van der Waals surface area (Å²) in [6.45, 7) is 7.44. The number of hydrogen-bond donors (Lipinski definition) is 1. The van der Waals surface area contributed by atoms with E-state index in [2.05, 4.69) is 0 Å². The number of carbonyl (C=O) groups is 3. The van der Waals surface area contributed by atoms with E-state index in [1.54, 1.807) is 13.0 Å². The Balaban J connectivity index is 1.91. The highest BCUT2D eigenvalue weighted by atomic mass is 16.6. The fourth-order valence-corrected chi connectivity index (χ4v) is 4.37. The Labute approximate surface area is 153 Å². The molecule has 0 aromatic carbocycles. The molecule has 26 heavy (non-hydrogen) atoms. The summed E-state index contributed by atoms with van der Waals surface area (Å²) in [6.07, 6.45) is 0.699. The maximum absolute atomic E-state index is 12.6. The molecular formula is C20H26O6. The molecule has 1 saturated heterocycles. The summed E-state index contributed by atoms with van der Waals surface area (Å²) in [7, 11) is 0. The van der Waals surface area contributed by atoms with Crippen molar-refractivity contribution in [3.8, 4) is 0 Å². The first-order valence-electron chi connectivity index (χ1n) is 9.19. The maximum Gasteiger partial charge on any atom is 0.309 e. The zero-order valence-corrected chi connectivity index (χ0v) is 15.7. The Morgan fingerprint density at radius 1 is 1.38 bits per heavy atom. The lowest BCUT2D eigenvalue weighted by molar-refractivity contribution is -0.145. The van der Waals surface area contributed by atoms with Crippen LogP contribution in [0.2, 0.25) is 0 Å². The van der Waals surface area contributed by atoms with Gasteiger partial charge >= 0.3 is 11.9 Å². The Morgan fingerprint density at radius 2 is 2.08 bits per heavy atom. The molecule has 0 saturated carbocycles. The van der Waals surface area contributed by atoms with Crippen molar-refractivity contribution in [3.05, 3.63) is 22.8 Å². The number of carbonyl (C=O) groups excluding carboxylic acids is 3. The molecule has 5 atom stereocenters. The van der Waals surface area contributed by atoms with Crippen LogP contribution in [0.3, 0.4) is 0 Å². The van der Waals surface area contributed by atoms with Crippen molar-refractivity contribution >= 4 is 17.7 Å². The molecule has 0 aromatic heterocycles. The minimum absolute atomic E-state index is 0.0108. The van der Waals surface area contributed by atoms with Crippen molar-refractivity contribution in [2.24, 2.45) is 23.7 Å². The van der Waals surface area contributed by atoms with Gasteiger partial charge in [0.2, 0.25) is 0 Å². The normalized spacial score (nSPS) is 33.6. The van der Waals surface area contributed by atoms with Crippen molar-refractivity contribution in [1.82, 2.24) is 0 Å². The van der Waals surface area contributed by atoms with Gasteiger partial charge in [-0.1, -0.05) is 26.3 Å². The third kappa shape index (κ3) is 3.22. The SMILES string of the molecule is CC1=CC(=O)C2=C(COC(=O)CC(C)C)CC(O)C3C(C)C(=O)OC3C12. The molecule has 0 radical (unpaired) electrons. The lowest BCUT2D eigenvalue weighted by atomic mass is 9.80. The van der Waals surface area contributed by atoms with Gasteiger partial charge in [-0.3, -0.25) is 14.4 Å². The van der Waals surface area contributed by atoms with Gasteiger partial charge in [0.05, 0.1) is 12.0 Å². The average molecular weight is 362 g/mol. The summed E-state index contributed by atoms with van der Waals surface area (Å²) in [6, 6.07) is 0. The van der Waals surface area contributed by atoms with Gasteiger partial charge in [-0.05, 0) is 30.9 Å². The van der Waals surface area contributed by atoms with Crippen LogP contribution in [0.1, 0.15) is 40.5 Å². The highest BCUT2D eigenvalue weighted by Crippen LogP contribution is 2.47. The molecular weight excluding hydrogens is 336 g/mol. The standard InChI is InChI=1S/C20H26O6/c1-9(2)5-15(23)25-8-12-7-14(22)17-11(4)20(24)26-19(17)16-10(3)6-13(21)18(12)16/h6,9,11,14,16-17,19,22H,5,7-8H2,1-4H3. The number of rotatable bonds is 4. The minimum Gasteiger partial charge on any atom is -0.461 e. The van der Waals surface area contributed by atoms with Crippen molar-refractivity contribution in [1.29, 1.82) is 0 Å². The van der Waals surface area contributed by atoms with E-state index in [0.717, 1.165) is 5.57 Å². The molecule has 1 N–H and O–H groups in total. The number of allylic oxidation sites excluding steroid dienone is 1. The second-order valence-corrected chi connectivity index (χ2v) is 8.05. The van der Waals surface area contributed by atoms with Gasteiger partial charge in [-0.25, -0.2) is 0 Å². The molecule has 1 aliphatic heterocycles. The van der Waals surface area contributed by atoms with Crippen LogP contribution in [0.5, 0.6) is 0 Å². The molecule has 142 valence electrons. The Hall–Kier alpha value is -1.95. The molecule has 0 aromatic rings. The maximum atomic E-state index is 12.6. The number of aliphatic hydroxyl groups excluding tert-OH is 1. The first-order chi connectivity index (χ1) is 12.2. The number of aliphatic hydroxyl groups is 1. The molecule has 2 aliphatic carbocycles. The second-order valence-electron chi connectivity index (χ2n) is 8.05. The largest absolute Gasteiger partial charge is 0.461 e. The van der Waals surface area contributed by atoms with Gasteiger partial charge in [0.15, 0.2) is 5.78 Å². The third-order valence-corrected chi connectivity index (χ3v) is 5.60. The van der Waals surface area contributed by atoms with E-state index in [-0.39, 0.29) is 48.5 Å². The van der Waals surface area contributed by atoms with E-state index in [1.165, 1.54) is 0 Å². The monoisotopic (exact) mass is 362 g/mol. The molecule has 0 amide bonds. The van der Waals surface area contributed by atoms with Crippen molar-refractivity contribution in [3.63, 3.8) is 0 Å². The van der Waals surface area contributed by atoms with Crippen LogP contribution >= 0.6 is 0 Å². The molecule has 6 nitrogen and oxygen atoms in total. The number of ether oxygens (including phenoxy) is 2. The summed E-state index contributed by atoms with van der Waals surface area (Å²) in [4.78, 5) is 36.5. The Bertz CT molecular complexity index is 701. The van der Waals surface area contributed by atoms with Crippen molar-refractivity contribution in [2.75, 3.05) is 6.61 Å². The van der Waals surface area contributed by atoms with Gasteiger partial charge in [0.25, 0.3) is 0 Å². The van der Waals surface area contributed by atoms with Crippen LogP contribution in [-0.2, 0) is 23.9 Å². The van der Waals surface area contributed by atoms with E-state index in [4.69, 9.17) is 9.47 Å². The predicted octanol–water partition coefficient (Wildman–Crippen LogP) is 1.96. The lowest BCUT2D eigenvalue weighted by Crippen LogP contribution is -2.35. The van der Waals surface area contributed by atoms with Gasteiger partial charge in [-0.15, -0.1) is 0 Å². The first-order valence-corrected chi connectivity index (χ1v) is 9.19. The van der Waals surface area contributed by atoms with Gasteiger partial charge in [0, 0.05) is 23.8 Å². The van der Waals surface area contributed by atoms with Crippen LogP contribution in [0, 0.1) is 23.7 Å². The molecule has 3 rings (SSSR count).